The van der Waals surface area contributed by atoms with Crippen molar-refractivity contribution in [1.82, 2.24) is 10.3 Å². The standard InChI is InChI=1S/C13H14N2O5S/c1-19-8(5-11(16)17)6-14-12(18)9-7-21-13(15-9)10-3-2-4-20-10/h2-4,7-8H,5-6H2,1H3,(H,14,18)(H,16,17). The Morgan fingerprint density at radius 2 is 2.38 bits per heavy atom. The van der Waals surface area contributed by atoms with Gasteiger partial charge in [0.15, 0.2) is 10.8 Å². The number of carboxylic acids is 1. The molecule has 112 valence electrons. The Hall–Kier alpha value is -2.19. The molecule has 8 heteroatoms. The highest BCUT2D eigenvalue weighted by Gasteiger charge is 2.16. The van der Waals surface area contributed by atoms with Crippen molar-refractivity contribution < 1.29 is 23.8 Å². The van der Waals surface area contributed by atoms with E-state index in [-0.39, 0.29) is 24.6 Å². The van der Waals surface area contributed by atoms with Gasteiger partial charge in [-0.3, -0.25) is 9.59 Å². The zero-order valence-corrected chi connectivity index (χ0v) is 12.1. The van der Waals surface area contributed by atoms with Crippen LogP contribution in [0.15, 0.2) is 28.2 Å². The normalized spacial score (nSPS) is 12.0. The van der Waals surface area contributed by atoms with E-state index in [1.807, 2.05) is 0 Å². The van der Waals surface area contributed by atoms with Gasteiger partial charge >= 0.3 is 5.97 Å². The van der Waals surface area contributed by atoms with Crippen molar-refractivity contribution in [3.8, 4) is 10.8 Å². The Morgan fingerprint density at radius 1 is 1.57 bits per heavy atom. The van der Waals surface area contributed by atoms with Crippen LogP contribution in [-0.2, 0) is 9.53 Å². The van der Waals surface area contributed by atoms with Crippen LogP contribution in [0.25, 0.3) is 10.8 Å². The van der Waals surface area contributed by atoms with E-state index in [0.717, 1.165) is 0 Å². The number of carbonyl (C=O) groups is 2. The van der Waals surface area contributed by atoms with Gasteiger partial charge in [-0.25, -0.2) is 4.98 Å². The number of carbonyl (C=O) groups excluding carboxylic acids is 1. The van der Waals surface area contributed by atoms with Gasteiger partial charge in [0.1, 0.15) is 5.69 Å². The summed E-state index contributed by atoms with van der Waals surface area (Å²) < 4.78 is 10.2. The van der Waals surface area contributed by atoms with Gasteiger partial charge in [0, 0.05) is 19.0 Å². The monoisotopic (exact) mass is 310 g/mol. The third kappa shape index (κ3) is 4.14. The number of methoxy groups -OCH3 is 1. The Balaban J connectivity index is 1.93. The molecule has 0 saturated carbocycles. The molecule has 0 aliphatic carbocycles. The Bertz CT molecular complexity index is 608. The van der Waals surface area contributed by atoms with Crippen LogP contribution in [0.2, 0.25) is 0 Å². The molecule has 2 aromatic rings. The van der Waals surface area contributed by atoms with E-state index in [1.54, 1.807) is 17.5 Å². The van der Waals surface area contributed by atoms with Crippen molar-refractivity contribution >= 4 is 23.2 Å². The number of hydrogen-bond donors (Lipinski definition) is 2. The maximum absolute atomic E-state index is 11.9. The van der Waals surface area contributed by atoms with Crippen LogP contribution in [0.5, 0.6) is 0 Å². The number of aliphatic carboxylic acids is 1. The molecule has 0 spiro atoms. The number of nitrogens with one attached hydrogen (secondary N) is 1. The summed E-state index contributed by atoms with van der Waals surface area (Å²) in [6.07, 6.45) is 0.784. The first-order chi connectivity index (χ1) is 10.1. The maximum atomic E-state index is 11.9. The average Bonchev–Trinajstić information content (AvgIpc) is 3.12. The fourth-order valence-electron chi connectivity index (χ4n) is 1.62. The van der Waals surface area contributed by atoms with Gasteiger partial charge in [-0.15, -0.1) is 11.3 Å². The van der Waals surface area contributed by atoms with Gasteiger partial charge in [-0.05, 0) is 12.1 Å². The van der Waals surface area contributed by atoms with Gasteiger partial charge in [0.2, 0.25) is 0 Å². The summed E-state index contributed by atoms with van der Waals surface area (Å²) in [6, 6.07) is 3.50. The molecule has 0 aliphatic heterocycles. The number of aromatic nitrogens is 1. The summed E-state index contributed by atoms with van der Waals surface area (Å²) in [6.45, 7) is 0.106. The molecule has 1 atom stereocenters. The minimum absolute atomic E-state index is 0.106. The summed E-state index contributed by atoms with van der Waals surface area (Å²) in [5.41, 5.74) is 0.261. The smallest absolute Gasteiger partial charge is 0.306 e. The lowest BCUT2D eigenvalue weighted by molar-refractivity contribution is -0.139. The third-order valence-electron chi connectivity index (χ3n) is 2.69. The minimum Gasteiger partial charge on any atom is -0.481 e. The second kappa shape index (κ2) is 7.00. The molecular weight excluding hydrogens is 296 g/mol. The van der Waals surface area contributed by atoms with Crippen LogP contribution in [0.3, 0.4) is 0 Å². The zero-order chi connectivity index (χ0) is 15.2. The van der Waals surface area contributed by atoms with E-state index in [1.165, 1.54) is 24.7 Å². The zero-order valence-electron chi connectivity index (χ0n) is 11.2. The lowest BCUT2D eigenvalue weighted by atomic mass is 10.2. The Morgan fingerprint density at radius 3 is 3.00 bits per heavy atom. The van der Waals surface area contributed by atoms with Crippen molar-refractivity contribution in [2.75, 3.05) is 13.7 Å². The summed E-state index contributed by atoms with van der Waals surface area (Å²) in [7, 11) is 1.40. The second-order valence-corrected chi connectivity index (χ2v) is 5.04. The molecular formula is C13H14N2O5S. The molecule has 2 N–H and O–H groups in total. The molecule has 0 radical (unpaired) electrons. The number of carboxylic acid groups (broad SMARTS) is 1. The van der Waals surface area contributed by atoms with Gasteiger partial charge in [0.25, 0.3) is 5.91 Å². The molecule has 0 aromatic carbocycles. The van der Waals surface area contributed by atoms with Gasteiger partial charge in [-0.2, -0.15) is 0 Å². The predicted molar refractivity (Wildman–Crippen MR) is 75.2 cm³/mol. The fourth-order valence-corrected chi connectivity index (χ4v) is 2.39. The molecule has 0 fully saturated rings. The number of nitrogens with zero attached hydrogens (tertiary/aromatic N) is 1. The fraction of sp³-hybridized carbons (Fsp3) is 0.308. The van der Waals surface area contributed by atoms with Crippen molar-refractivity contribution in [3.63, 3.8) is 0 Å². The average molecular weight is 310 g/mol. The largest absolute Gasteiger partial charge is 0.481 e. The quantitative estimate of drug-likeness (QED) is 0.806. The SMILES string of the molecule is COC(CNC(=O)c1csc(-c2ccco2)n1)CC(=O)O. The van der Waals surface area contributed by atoms with E-state index in [9.17, 15) is 9.59 Å². The molecule has 21 heavy (non-hydrogen) atoms. The van der Waals surface area contributed by atoms with Crippen molar-refractivity contribution in [1.29, 1.82) is 0 Å². The highest BCUT2D eigenvalue weighted by atomic mass is 32.1. The second-order valence-electron chi connectivity index (χ2n) is 4.18. The molecule has 1 unspecified atom stereocenters. The topological polar surface area (TPSA) is 102 Å². The van der Waals surface area contributed by atoms with Crippen LogP contribution in [0, 0.1) is 0 Å². The maximum Gasteiger partial charge on any atom is 0.306 e. The number of furan rings is 1. The van der Waals surface area contributed by atoms with Crippen LogP contribution in [0.1, 0.15) is 16.9 Å². The number of rotatable bonds is 7. The van der Waals surface area contributed by atoms with Crippen LogP contribution in [-0.4, -0.2) is 41.7 Å². The number of thiazole rings is 1. The first-order valence-corrected chi connectivity index (χ1v) is 7.00. The first-order valence-electron chi connectivity index (χ1n) is 6.12. The Labute approximate surface area is 124 Å². The minimum atomic E-state index is -0.982. The summed E-state index contributed by atoms with van der Waals surface area (Å²) in [5, 5.41) is 13.5. The molecule has 2 aromatic heterocycles. The third-order valence-corrected chi connectivity index (χ3v) is 3.55. The highest BCUT2D eigenvalue weighted by Crippen LogP contribution is 2.23. The number of hydrogen-bond acceptors (Lipinski definition) is 6. The molecule has 0 bridgehead atoms. The van der Waals surface area contributed by atoms with E-state index in [0.29, 0.717) is 10.8 Å². The van der Waals surface area contributed by atoms with Crippen molar-refractivity contribution in [3.05, 3.63) is 29.5 Å². The van der Waals surface area contributed by atoms with Crippen molar-refractivity contribution in [2.24, 2.45) is 0 Å². The summed E-state index contributed by atoms with van der Waals surface area (Å²) in [4.78, 5) is 26.7. The predicted octanol–water partition coefficient (Wildman–Crippen LogP) is 1.62. The molecule has 7 nitrogen and oxygen atoms in total. The van der Waals surface area contributed by atoms with E-state index in [2.05, 4.69) is 10.3 Å². The molecule has 1 amide bonds. The number of amides is 1. The van der Waals surface area contributed by atoms with Gasteiger partial charge in [-0.1, -0.05) is 0 Å². The summed E-state index contributed by atoms with van der Waals surface area (Å²) in [5.74, 6) is -0.763. The van der Waals surface area contributed by atoms with Crippen LogP contribution in [0.4, 0.5) is 0 Å². The lowest BCUT2D eigenvalue weighted by Crippen LogP contribution is -2.34. The Kier molecular flexibility index (Phi) is 5.07. The van der Waals surface area contributed by atoms with Gasteiger partial charge in [0.05, 0.1) is 18.8 Å². The van der Waals surface area contributed by atoms with Crippen LogP contribution < -0.4 is 5.32 Å². The lowest BCUT2D eigenvalue weighted by Gasteiger charge is -2.13. The highest BCUT2D eigenvalue weighted by molar-refractivity contribution is 7.13. The molecule has 2 rings (SSSR count). The van der Waals surface area contributed by atoms with E-state index >= 15 is 0 Å². The van der Waals surface area contributed by atoms with E-state index in [4.69, 9.17) is 14.3 Å². The summed E-state index contributed by atoms with van der Waals surface area (Å²) >= 11 is 1.30. The van der Waals surface area contributed by atoms with Gasteiger partial charge < -0.3 is 19.6 Å². The van der Waals surface area contributed by atoms with Crippen LogP contribution >= 0.6 is 11.3 Å². The number of ether oxygens (including phenoxy) is 1. The molecule has 0 aliphatic rings. The molecule has 0 saturated heterocycles. The van der Waals surface area contributed by atoms with E-state index < -0.39 is 12.1 Å². The van der Waals surface area contributed by atoms with Crippen molar-refractivity contribution in [2.45, 2.75) is 12.5 Å². The first kappa shape index (κ1) is 15.2. The molecule has 2 heterocycles.